The molecule has 0 aliphatic rings. The van der Waals surface area contributed by atoms with Crippen LogP contribution in [0.15, 0.2) is 35.3 Å². The molecule has 2 heterocycles. The number of ketones is 1. The Morgan fingerprint density at radius 3 is 2.62 bits per heavy atom. The summed E-state index contributed by atoms with van der Waals surface area (Å²) in [7, 11) is 0. The molecule has 1 amide bonds. The van der Waals surface area contributed by atoms with E-state index >= 15 is 0 Å². The van der Waals surface area contributed by atoms with E-state index in [2.05, 4.69) is 20.3 Å². The van der Waals surface area contributed by atoms with Crippen molar-refractivity contribution in [2.24, 2.45) is 0 Å². The fourth-order valence-electron chi connectivity index (χ4n) is 3.22. The van der Waals surface area contributed by atoms with Crippen molar-refractivity contribution >= 4 is 28.7 Å². The fraction of sp³-hybridized carbons (Fsp3) is 0.333. The van der Waals surface area contributed by atoms with Gasteiger partial charge in [0.15, 0.2) is 0 Å². The van der Waals surface area contributed by atoms with Crippen molar-refractivity contribution in [2.75, 3.05) is 5.73 Å². The number of aromatic nitrogens is 3. The molecule has 8 nitrogen and oxygen atoms in total. The Morgan fingerprint density at radius 2 is 1.93 bits per heavy atom. The van der Waals surface area contributed by atoms with Crippen molar-refractivity contribution in [2.45, 2.75) is 45.6 Å². The second-order valence-electron chi connectivity index (χ2n) is 7.30. The van der Waals surface area contributed by atoms with Gasteiger partial charge < -0.3 is 20.8 Å². The zero-order valence-electron chi connectivity index (χ0n) is 16.5. The fourth-order valence-corrected chi connectivity index (χ4v) is 3.22. The molecule has 3 aromatic rings. The van der Waals surface area contributed by atoms with Crippen molar-refractivity contribution < 1.29 is 9.59 Å². The number of nitrogens with one attached hydrogen (secondary N) is 3. The van der Waals surface area contributed by atoms with E-state index < -0.39 is 0 Å². The van der Waals surface area contributed by atoms with Crippen LogP contribution >= 0.6 is 0 Å². The molecule has 0 aliphatic carbocycles. The average Bonchev–Trinajstić information content (AvgIpc) is 3.08. The zero-order chi connectivity index (χ0) is 21.0. The Balaban J connectivity index is 1.60. The molecule has 3 rings (SSSR count). The first kappa shape index (κ1) is 20.3. The van der Waals surface area contributed by atoms with E-state index in [0.717, 1.165) is 11.1 Å². The summed E-state index contributed by atoms with van der Waals surface area (Å²) in [6.07, 6.45) is 4.23. The monoisotopic (exact) mass is 395 g/mol. The number of hydrogen-bond acceptors (Lipinski definition) is 5. The van der Waals surface area contributed by atoms with Crippen molar-refractivity contribution in [3.8, 4) is 0 Å². The molecule has 2 aromatic heterocycles. The average molecular weight is 395 g/mol. The Morgan fingerprint density at radius 1 is 1.21 bits per heavy atom. The normalized spacial score (nSPS) is 12.1. The molecular formula is C21H25N5O3. The number of nitrogens with two attached hydrogens (primary N) is 1. The Labute approximate surface area is 167 Å². The molecule has 1 aromatic carbocycles. The highest BCUT2D eigenvalue weighted by atomic mass is 16.2. The van der Waals surface area contributed by atoms with E-state index in [1.165, 1.54) is 0 Å². The van der Waals surface area contributed by atoms with Crippen LogP contribution in [0.2, 0.25) is 0 Å². The van der Waals surface area contributed by atoms with Gasteiger partial charge in [0.05, 0.1) is 5.39 Å². The molecule has 0 radical (unpaired) electrons. The van der Waals surface area contributed by atoms with Crippen LogP contribution in [-0.2, 0) is 17.6 Å². The quantitative estimate of drug-likeness (QED) is 0.463. The summed E-state index contributed by atoms with van der Waals surface area (Å²) in [5.41, 5.74) is 8.29. The SMILES string of the molecule is CC(=O)CC[C@@H](C)NC(=O)c1ccc(CCc2c[nH]c3nc(N)[nH]c(=O)c23)cc1. The lowest BCUT2D eigenvalue weighted by Crippen LogP contribution is -2.32. The molecule has 152 valence electrons. The maximum atomic E-state index is 12.3. The minimum Gasteiger partial charge on any atom is -0.369 e. The van der Waals surface area contributed by atoms with E-state index in [1.54, 1.807) is 25.3 Å². The molecule has 0 spiro atoms. The third-order valence-electron chi connectivity index (χ3n) is 4.85. The summed E-state index contributed by atoms with van der Waals surface area (Å²) in [6, 6.07) is 7.32. The van der Waals surface area contributed by atoms with Crippen molar-refractivity contribution in [1.82, 2.24) is 20.3 Å². The van der Waals surface area contributed by atoms with Gasteiger partial charge in [0.2, 0.25) is 5.95 Å². The third kappa shape index (κ3) is 5.10. The van der Waals surface area contributed by atoms with Crippen molar-refractivity contribution in [1.29, 1.82) is 0 Å². The summed E-state index contributed by atoms with van der Waals surface area (Å²) in [5.74, 6) is 0.0479. The molecule has 0 unspecified atom stereocenters. The zero-order valence-corrected chi connectivity index (χ0v) is 16.5. The van der Waals surface area contributed by atoms with Gasteiger partial charge in [-0.15, -0.1) is 0 Å². The van der Waals surface area contributed by atoms with E-state index in [9.17, 15) is 14.4 Å². The lowest BCUT2D eigenvalue weighted by molar-refractivity contribution is -0.117. The number of aryl methyl sites for hydroxylation is 2. The molecule has 0 aliphatic heterocycles. The number of aromatic amines is 2. The molecule has 0 bridgehead atoms. The number of H-pyrrole nitrogens is 2. The van der Waals surface area contributed by atoms with Crippen LogP contribution in [0.25, 0.3) is 11.0 Å². The van der Waals surface area contributed by atoms with E-state index in [4.69, 9.17) is 5.73 Å². The minimum atomic E-state index is -0.255. The number of carbonyl (C=O) groups is 2. The standard InChI is InChI=1S/C21H25N5O3/c1-12(3-4-13(2)27)24-19(28)15-8-5-14(6-9-15)7-10-16-11-23-18-17(16)20(29)26-21(22)25-18/h5-6,8-9,11-12H,3-4,7,10H2,1-2H3,(H,24,28)(H4,22,23,25,26,29)/t12-/m1/s1. The van der Waals surface area contributed by atoms with E-state index in [1.807, 2.05) is 19.1 Å². The van der Waals surface area contributed by atoms with Gasteiger partial charge in [-0.25, -0.2) is 0 Å². The summed E-state index contributed by atoms with van der Waals surface area (Å²) in [4.78, 5) is 45.1. The Bertz CT molecular complexity index is 1080. The first-order valence-electron chi connectivity index (χ1n) is 9.58. The predicted molar refractivity (Wildman–Crippen MR) is 112 cm³/mol. The number of anilines is 1. The number of nitrogens with zero attached hydrogens (tertiary/aromatic N) is 1. The maximum absolute atomic E-state index is 12.3. The molecule has 1 atom stereocenters. The Kier molecular flexibility index (Phi) is 6.11. The van der Waals surface area contributed by atoms with Gasteiger partial charge >= 0.3 is 0 Å². The number of rotatable bonds is 8. The van der Waals surface area contributed by atoms with Gasteiger partial charge in [-0.3, -0.25) is 14.6 Å². The van der Waals surface area contributed by atoms with E-state index in [-0.39, 0.29) is 29.2 Å². The second kappa shape index (κ2) is 8.72. The van der Waals surface area contributed by atoms with Crippen LogP contribution in [0.3, 0.4) is 0 Å². The molecular weight excluding hydrogens is 370 g/mol. The molecule has 0 saturated heterocycles. The lowest BCUT2D eigenvalue weighted by atomic mass is 10.0. The third-order valence-corrected chi connectivity index (χ3v) is 4.85. The second-order valence-corrected chi connectivity index (χ2v) is 7.30. The van der Waals surface area contributed by atoms with Crippen LogP contribution in [0, 0.1) is 0 Å². The summed E-state index contributed by atoms with van der Waals surface area (Å²) < 4.78 is 0. The molecule has 5 N–H and O–H groups in total. The summed E-state index contributed by atoms with van der Waals surface area (Å²) in [6.45, 7) is 3.44. The van der Waals surface area contributed by atoms with Crippen LogP contribution in [0.5, 0.6) is 0 Å². The number of fused-ring (bicyclic) bond motifs is 1. The molecule has 0 fully saturated rings. The number of Topliss-reactive ketones (excluding diaryl/α,β-unsaturated/α-hetero) is 1. The van der Waals surface area contributed by atoms with Crippen molar-refractivity contribution in [3.05, 3.63) is 57.5 Å². The number of carbonyl (C=O) groups excluding carboxylic acids is 2. The van der Waals surface area contributed by atoms with Gasteiger partial charge in [-0.05, 0) is 56.4 Å². The van der Waals surface area contributed by atoms with Gasteiger partial charge in [-0.2, -0.15) is 4.98 Å². The lowest BCUT2D eigenvalue weighted by Gasteiger charge is -2.13. The highest BCUT2D eigenvalue weighted by molar-refractivity contribution is 5.94. The summed E-state index contributed by atoms with van der Waals surface area (Å²) in [5, 5.41) is 3.43. The predicted octanol–water partition coefficient (Wildman–Crippen LogP) is 2.11. The van der Waals surface area contributed by atoms with Gasteiger partial charge in [0.25, 0.3) is 11.5 Å². The highest BCUT2D eigenvalue weighted by Gasteiger charge is 2.12. The Hall–Kier alpha value is -3.42. The smallest absolute Gasteiger partial charge is 0.262 e. The number of nitrogen functional groups attached to an aromatic ring is 1. The first-order chi connectivity index (χ1) is 13.8. The van der Waals surface area contributed by atoms with Crippen LogP contribution < -0.4 is 16.6 Å². The van der Waals surface area contributed by atoms with Crippen LogP contribution in [0.1, 0.15) is 48.2 Å². The van der Waals surface area contributed by atoms with Crippen LogP contribution in [0.4, 0.5) is 5.95 Å². The summed E-state index contributed by atoms with van der Waals surface area (Å²) >= 11 is 0. The highest BCUT2D eigenvalue weighted by Crippen LogP contribution is 2.16. The minimum absolute atomic E-state index is 0.0614. The number of amides is 1. The first-order valence-corrected chi connectivity index (χ1v) is 9.58. The molecule has 8 heteroatoms. The van der Waals surface area contributed by atoms with E-state index in [0.29, 0.717) is 42.3 Å². The van der Waals surface area contributed by atoms with Gasteiger partial charge in [0.1, 0.15) is 11.4 Å². The topological polar surface area (TPSA) is 134 Å². The van der Waals surface area contributed by atoms with Gasteiger partial charge in [0, 0.05) is 24.2 Å². The van der Waals surface area contributed by atoms with Crippen LogP contribution in [-0.4, -0.2) is 32.7 Å². The number of benzene rings is 1. The maximum Gasteiger partial charge on any atom is 0.262 e. The van der Waals surface area contributed by atoms with Crippen molar-refractivity contribution in [3.63, 3.8) is 0 Å². The molecule has 29 heavy (non-hydrogen) atoms. The van der Waals surface area contributed by atoms with Gasteiger partial charge in [-0.1, -0.05) is 12.1 Å². The largest absolute Gasteiger partial charge is 0.369 e. The number of hydrogen-bond donors (Lipinski definition) is 4. The molecule has 0 saturated carbocycles.